The molecular weight excluding hydrogens is 391 g/mol. The van der Waals surface area contributed by atoms with Crippen LogP contribution >= 0.6 is 24.0 Å². The zero-order valence-corrected chi connectivity index (χ0v) is 14.8. The van der Waals surface area contributed by atoms with E-state index in [0.29, 0.717) is 31.1 Å². The minimum absolute atomic E-state index is 0. The molecule has 0 fully saturated rings. The second-order valence-corrected chi connectivity index (χ2v) is 4.53. The van der Waals surface area contributed by atoms with E-state index in [1.807, 2.05) is 6.92 Å². The Morgan fingerprint density at radius 2 is 1.90 bits per heavy atom. The summed E-state index contributed by atoms with van der Waals surface area (Å²) in [5.41, 5.74) is 0.607. The van der Waals surface area contributed by atoms with E-state index >= 15 is 0 Å². The first-order valence-corrected chi connectivity index (χ1v) is 6.46. The average molecular weight is 413 g/mol. The van der Waals surface area contributed by atoms with Gasteiger partial charge in [0.2, 0.25) is 0 Å². The van der Waals surface area contributed by atoms with Gasteiger partial charge in [0.1, 0.15) is 11.6 Å². The van der Waals surface area contributed by atoms with Crippen molar-refractivity contribution < 1.29 is 13.5 Å². The molecule has 0 aliphatic carbocycles. The molecule has 0 aliphatic heterocycles. The Morgan fingerprint density at radius 1 is 1.29 bits per heavy atom. The van der Waals surface area contributed by atoms with E-state index < -0.39 is 11.6 Å². The van der Waals surface area contributed by atoms with Crippen LogP contribution in [0, 0.1) is 11.6 Å². The van der Waals surface area contributed by atoms with Gasteiger partial charge in [-0.3, -0.25) is 4.99 Å². The van der Waals surface area contributed by atoms with Gasteiger partial charge in [0.25, 0.3) is 0 Å². The molecule has 1 unspecified atom stereocenters. The van der Waals surface area contributed by atoms with Crippen molar-refractivity contribution in [1.29, 1.82) is 0 Å². The summed E-state index contributed by atoms with van der Waals surface area (Å²) in [4.78, 5) is 4.07. The molecule has 0 amide bonds. The largest absolute Gasteiger partial charge is 0.383 e. The number of benzene rings is 1. The molecule has 0 bridgehead atoms. The van der Waals surface area contributed by atoms with Gasteiger partial charge in [-0.05, 0) is 31.0 Å². The van der Waals surface area contributed by atoms with E-state index in [1.165, 1.54) is 12.1 Å². The summed E-state index contributed by atoms with van der Waals surface area (Å²) in [6, 6.07) is 3.64. The Morgan fingerprint density at radius 3 is 2.43 bits per heavy atom. The third-order valence-electron chi connectivity index (χ3n) is 2.65. The van der Waals surface area contributed by atoms with Crippen LogP contribution in [0.25, 0.3) is 0 Å². The monoisotopic (exact) mass is 413 g/mol. The molecule has 2 N–H and O–H groups in total. The van der Waals surface area contributed by atoms with Crippen LogP contribution < -0.4 is 10.6 Å². The summed E-state index contributed by atoms with van der Waals surface area (Å²) in [6.07, 6.45) is 0.508. The molecule has 21 heavy (non-hydrogen) atoms. The number of guanidine groups is 1. The summed E-state index contributed by atoms with van der Waals surface area (Å²) in [7, 11) is 3.30. The molecule has 7 heteroatoms. The topological polar surface area (TPSA) is 45.7 Å². The Balaban J connectivity index is 0.00000400. The summed E-state index contributed by atoms with van der Waals surface area (Å²) in [6.45, 7) is 3.07. The predicted octanol–water partition coefficient (Wildman–Crippen LogP) is 2.33. The second-order valence-electron chi connectivity index (χ2n) is 4.53. The van der Waals surface area contributed by atoms with Crippen LogP contribution in [0.1, 0.15) is 12.5 Å². The van der Waals surface area contributed by atoms with Gasteiger partial charge in [0, 0.05) is 32.8 Å². The summed E-state index contributed by atoms with van der Waals surface area (Å²) < 4.78 is 31.1. The maximum atomic E-state index is 13.0. The Bertz CT molecular complexity index is 438. The fraction of sp³-hybridized carbons (Fsp3) is 0.500. The summed E-state index contributed by atoms with van der Waals surface area (Å²) >= 11 is 0. The van der Waals surface area contributed by atoms with Crippen molar-refractivity contribution in [2.45, 2.75) is 19.4 Å². The van der Waals surface area contributed by atoms with Crippen molar-refractivity contribution in [1.82, 2.24) is 10.6 Å². The van der Waals surface area contributed by atoms with Crippen molar-refractivity contribution in [2.75, 3.05) is 27.3 Å². The van der Waals surface area contributed by atoms with Gasteiger partial charge in [0.05, 0.1) is 6.61 Å². The molecule has 0 heterocycles. The number of nitrogens with one attached hydrogen (secondary N) is 2. The fourth-order valence-electron chi connectivity index (χ4n) is 1.80. The first-order valence-electron chi connectivity index (χ1n) is 6.46. The van der Waals surface area contributed by atoms with Crippen molar-refractivity contribution in [2.24, 2.45) is 4.99 Å². The van der Waals surface area contributed by atoms with Gasteiger partial charge in [-0.1, -0.05) is 0 Å². The molecule has 1 atom stereocenters. The number of rotatable bonds is 6. The SMILES string of the molecule is CN=C(NCCc1cc(F)cc(F)c1)NC(C)COC.I. The van der Waals surface area contributed by atoms with Crippen LogP contribution in [0.15, 0.2) is 23.2 Å². The molecule has 0 spiro atoms. The van der Waals surface area contributed by atoms with E-state index in [1.54, 1.807) is 14.2 Å². The molecule has 0 aliphatic rings. The highest BCUT2D eigenvalue weighted by atomic mass is 127. The predicted molar refractivity (Wildman–Crippen MR) is 91.3 cm³/mol. The quantitative estimate of drug-likeness (QED) is 0.428. The minimum Gasteiger partial charge on any atom is -0.383 e. The van der Waals surface area contributed by atoms with Crippen molar-refractivity contribution >= 4 is 29.9 Å². The van der Waals surface area contributed by atoms with Gasteiger partial charge in [0.15, 0.2) is 5.96 Å². The average Bonchev–Trinajstić information content (AvgIpc) is 2.36. The van der Waals surface area contributed by atoms with Gasteiger partial charge in [-0.2, -0.15) is 0 Å². The molecule has 0 radical (unpaired) electrons. The maximum Gasteiger partial charge on any atom is 0.191 e. The number of hydrogen-bond donors (Lipinski definition) is 2. The lowest BCUT2D eigenvalue weighted by molar-refractivity contribution is 0.179. The van der Waals surface area contributed by atoms with Crippen LogP contribution in [-0.4, -0.2) is 39.3 Å². The first kappa shape index (κ1) is 20.0. The first-order chi connectivity index (χ1) is 9.55. The maximum absolute atomic E-state index is 13.0. The highest BCUT2D eigenvalue weighted by molar-refractivity contribution is 14.0. The molecule has 120 valence electrons. The van der Waals surface area contributed by atoms with E-state index in [9.17, 15) is 8.78 Å². The molecule has 1 aromatic rings. The normalized spacial score (nSPS) is 12.5. The Hall–Kier alpha value is -0.960. The number of aliphatic imine (C=N–C) groups is 1. The zero-order chi connectivity index (χ0) is 15.0. The van der Waals surface area contributed by atoms with Crippen molar-refractivity contribution in [3.05, 3.63) is 35.4 Å². The van der Waals surface area contributed by atoms with Crippen LogP contribution in [-0.2, 0) is 11.2 Å². The highest BCUT2D eigenvalue weighted by Crippen LogP contribution is 2.07. The smallest absolute Gasteiger partial charge is 0.191 e. The van der Waals surface area contributed by atoms with E-state index in [-0.39, 0.29) is 30.0 Å². The molecule has 0 saturated carbocycles. The molecule has 1 aromatic carbocycles. The van der Waals surface area contributed by atoms with Crippen LogP contribution in [0.2, 0.25) is 0 Å². The number of hydrogen-bond acceptors (Lipinski definition) is 2. The van der Waals surface area contributed by atoms with Gasteiger partial charge in [-0.25, -0.2) is 8.78 Å². The third-order valence-corrected chi connectivity index (χ3v) is 2.65. The second kappa shape index (κ2) is 10.7. The number of ether oxygens (including phenoxy) is 1. The van der Waals surface area contributed by atoms with Crippen LogP contribution in [0.5, 0.6) is 0 Å². The molecule has 1 rings (SSSR count). The lowest BCUT2D eigenvalue weighted by atomic mass is 10.1. The Labute approximate surface area is 141 Å². The van der Waals surface area contributed by atoms with Crippen molar-refractivity contribution in [3.63, 3.8) is 0 Å². The van der Waals surface area contributed by atoms with Gasteiger partial charge in [-0.15, -0.1) is 24.0 Å². The van der Waals surface area contributed by atoms with E-state index in [2.05, 4.69) is 15.6 Å². The van der Waals surface area contributed by atoms with Gasteiger partial charge >= 0.3 is 0 Å². The van der Waals surface area contributed by atoms with Crippen LogP contribution in [0.4, 0.5) is 8.78 Å². The number of halogens is 3. The lowest BCUT2D eigenvalue weighted by Gasteiger charge is -2.17. The highest BCUT2D eigenvalue weighted by Gasteiger charge is 2.05. The Kier molecular flexibility index (Phi) is 10.2. The van der Waals surface area contributed by atoms with Crippen molar-refractivity contribution in [3.8, 4) is 0 Å². The van der Waals surface area contributed by atoms with Crippen LogP contribution in [0.3, 0.4) is 0 Å². The van der Waals surface area contributed by atoms with Gasteiger partial charge < -0.3 is 15.4 Å². The number of nitrogens with zero attached hydrogens (tertiary/aromatic N) is 1. The van der Waals surface area contributed by atoms with E-state index in [4.69, 9.17) is 4.74 Å². The minimum atomic E-state index is -0.559. The number of methoxy groups -OCH3 is 1. The standard InChI is InChI=1S/C14H21F2N3O.HI/c1-10(9-20-3)19-14(17-2)18-5-4-11-6-12(15)8-13(16)7-11;/h6-8,10H,4-5,9H2,1-3H3,(H2,17,18,19);1H. The molecule has 0 aromatic heterocycles. The third kappa shape index (κ3) is 8.15. The zero-order valence-electron chi connectivity index (χ0n) is 12.5. The molecule has 4 nitrogen and oxygen atoms in total. The van der Waals surface area contributed by atoms with E-state index in [0.717, 1.165) is 6.07 Å². The summed E-state index contributed by atoms with van der Waals surface area (Å²) in [5, 5.41) is 6.23. The summed E-state index contributed by atoms with van der Waals surface area (Å²) in [5.74, 6) is -0.487. The lowest BCUT2D eigenvalue weighted by Crippen LogP contribution is -2.44. The fourth-order valence-corrected chi connectivity index (χ4v) is 1.80. The molecular formula is C14H22F2IN3O. The molecule has 0 saturated heterocycles.